The predicted octanol–water partition coefficient (Wildman–Crippen LogP) is -0.0220. The molecule has 0 aromatic carbocycles. The van der Waals surface area contributed by atoms with Crippen molar-refractivity contribution in [3.05, 3.63) is 28.2 Å². The van der Waals surface area contributed by atoms with E-state index >= 15 is 0 Å². The first-order valence-corrected chi connectivity index (χ1v) is 6.15. The summed E-state index contributed by atoms with van der Waals surface area (Å²) in [4.78, 5) is 15.7. The molecule has 102 valence electrons. The molecule has 0 aliphatic heterocycles. The second-order valence-corrected chi connectivity index (χ2v) is 3.89. The van der Waals surface area contributed by atoms with E-state index in [0.717, 1.165) is 5.69 Å². The van der Waals surface area contributed by atoms with Crippen molar-refractivity contribution in [2.45, 2.75) is 26.8 Å². The predicted molar refractivity (Wildman–Crippen MR) is 72.6 cm³/mol. The standard InChI is InChI=1S/C12H18N6O/c1-3-14-12(16-9-13)15-7-4-8-18-11(19)6-5-10(2)17-18/h5-6H,3-4,7-8H2,1-2H3,(H2,14,15,16). The Morgan fingerprint density at radius 1 is 1.58 bits per heavy atom. The van der Waals surface area contributed by atoms with Crippen LogP contribution in [-0.4, -0.2) is 28.8 Å². The molecule has 2 N–H and O–H groups in total. The van der Waals surface area contributed by atoms with Crippen LogP contribution in [0.15, 0.2) is 21.9 Å². The summed E-state index contributed by atoms with van der Waals surface area (Å²) < 4.78 is 1.43. The summed E-state index contributed by atoms with van der Waals surface area (Å²) in [6.07, 6.45) is 2.50. The summed E-state index contributed by atoms with van der Waals surface area (Å²) in [5, 5.41) is 18.1. The van der Waals surface area contributed by atoms with Crippen molar-refractivity contribution in [3.8, 4) is 6.19 Å². The van der Waals surface area contributed by atoms with Gasteiger partial charge < -0.3 is 5.32 Å². The number of hydrogen-bond acceptors (Lipinski definition) is 4. The number of nitrogens with one attached hydrogen (secondary N) is 2. The van der Waals surface area contributed by atoms with Gasteiger partial charge in [0.05, 0.1) is 5.69 Å². The summed E-state index contributed by atoms with van der Waals surface area (Å²) in [5.74, 6) is 0.453. The molecule has 0 fully saturated rings. The highest BCUT2D eigenvalue weighted by Crippen LogP contribution is 1.89. The van der Waals surface area contributed by atoms with Gasteiger partial charge in [0, 0.05) is 25.7 Å². The number of nitrogens with zero attached hydrogens (tertiary/aromatic N) is 4. The van der Waals surface area contributed by atoms with Crippen LogP contribution >= 0.6 is 0 Å². The first kappa shape index (κ1) is 14.7. The highest BCUT2D eigenvalue weighted by Gasteiger charge is 1.98. The number of rotatable bonds is 5. The van der Waals surface area contributed by atoms with Crippen molar-refractivity contribution in [1.82, 2.24) is 20.4 Å². The Bertz CT molecular complexity index is 528. The average Bonchev–Trinajstić information content (AvgIpc) is 2.39. The van der Waals surface area contributed by atoms with Crippen LogP contribution in [0.3, 0.4) is 0 Å². The number of aromatic nitrogens is 2. The van der Waals surface area contributed by atoms with E-state index in [2.05, 4.69) is 20.7 Å². The van der Waals surface area contributed by atoms with Gasteiger partial charge in [0.15, 0.2) is 6.19 Å². The molecule has 0 aliphatic rings. The molecule has 0 spiro atoms. The van der Waals surface area contributed by atoms with Crippen LogP contribution in [0, 0.1) is 18.4 Å². The smallest absolute Gasteiger partial charge is 0.266 e. The van der Waals surface area contributed by atoms with E-state index in [1.807, 2.05) is 20.0 Å². The lowest BCUT2D eigenvalue weighted by molar-refractivity contribution is 0.547. The lowest BCUT2D eigenvalue weighted by Crippen LogP contribution is -2.34. The van der Waals surface area contributed by atoms with Gasteiger partial charge in [-0.2, -0.15) is 10.4 Å². The molecule has 0 saturated heterocycles. The molecule has 0 unspecified atom stereocenters. The van der Waals surface area contributed by atoms with Crippen molar-refractivity contribution in [3.63, 3.8) is 0 Å². The fourth-order valence-electron chi connectivity index (χ4n) is 1.48. The number of aliphatic imine (C=N–C) groups is 1. The second kappa shape index (κ2) is 7.87. The van der Waals surface area contributed by atoms with Crippen molar-refractivity contribution < 1.29 is 0 Å². The van der Waals surface area contributed by atoms with Crippen LogP contribution < -0.4 is 16.2 Å². The largest absolute Gasteiger partial charge is 0.356 e. The van der Waals surface area contributed by atoms with Gasteiger partial charge in [0.1, 0.15) is 0 Å². The molecule has 1 heterocycles. The number of hydrogen-bond donors (Lipinski definition) is 2. The molecule has 1 rings (SSSR count). The Balaban J connectivity index is 2.49. The molecule has 1 aromatic rings. The van der Waals surface area contributed by atoms with E-state index in [-0.39, 0.29) is 5.56 Å². The summed E-state index contributed by atoms with van der Waals surface area (Å²) in [5.41, 5.74) is 0.694. The summed E-state index contributed by atoms with van der Waals surface area (Å²) >= 11 is 0. The average molecular weight is 262 g/mol. The van der Waals surface area contributed by atoms with Crippen LogP contribution in [0.5, 0.6) is 0 Å². The molecular weight excluding hydrogens is 244 g/mol. The minimum absolute atomic E-state index is 0.114. The number of nitriles is 1. The minimum atomic E-state index is -0.114. The van der Waals surface area contributed by atoms with E-state index in [4.69, 9.17) is 5.26 Å². The molecule has 7 nitrogen and oxygen atoms in total. The van der Waals surface area contributed by atoms with Crippen molar-refractivity contribution in [2.75, 3.05) is 13.1 Å². The third-order valence-corrected chi connectivity index (χ3v) is 2.32. The van der Waals surface area contributed by atoms with Crippen molar-refractivity contribution in [2.24, 2.45) is 4.99 Å². The molecule has 0 aliphatic carbocycles. The SMILES string of the molecule is CCNC(=NCCCn1nc(C)ccc1=O)NC#N. The van der Waals surface area contributed by atoms with E-state index in [0.29, 0.717) is 32.0 Å². The first-order chi connectivity index (χ1) is 9.17. The van der Waals surface area contributed by atoms with Crippen molar-refractivity contribution in [1.29, 1.82) is 5.26 Å². The Morgan fingerprint density at radius 2 is 2.37 bits per heavy atom. The molecule has 0 saturated carbocycles. The van der Waals surface area contributed by atoms with E-state index in [9.17, 15) is 4.79 Å². The van der Waals surface area contributed by atoms with Crippen LogP contribution in [-0.2, 0) is 6.54 Å². The second-order valence-electron chi connectivity index (χ2n) is 3.89. The molecule has 7 heteroatoms. The third kappa shape index (κ3) is 5.21. The quantitative estimate of drug-likeness (QED) is 0.256. The maximum Gasteiger partial charge on any atom is 0.266 e. The number of aryl methyl sites for hydroxylation is 2. The van der Waals surface area contributed by atoms with Gasteiger partial charge in [0.25, 0.3) is 5.56 Å². The summed E-state index contributed by atoms with van der Waals surface area (Å²) in [6.45, 7) is 5.47. The van der Waals surface area contributed by atoms with Crippen LogP contribution in [0.1, 0.15) is 19.0 Å². The van der Waals surface area contributed by atoms with E-state index in [1.54, 1.807) is 6.07 Å². The van der Waals surface area contributed by atoms with Gasteiger partial charge in [-0.15, -0.1) is 0 Å². The maximum atomic E-state index is 11.5. The normalized spacial score (nSPS) is 10.9. The molecule has 0 radical (unpaired) electrons. The molecule has 1 aromatic heterocycles. The Labute approximate surface area is 112 Å². The van der Waals surface area contributed by atoms with Crippen LogP contribution in [0.2, 0.25) is 0 Å². The lowest BCUT2D eigenvalue weighted by atomic mass is 10.4. The van der Waals surface area contributed by atoms with Gasteiger partial charge in [-0.3, -0.25) is 15.1 Å². The van der Waals surface area contributed by atoms with Crippen LogP contribution in [0.4, 0.5) is 0 Å². The zero-order valence-corrected chi connectivity index (χ0v) is 11.2. The van der Waals surface area contributed by atoms with E-state index < -0.39 is 0 Å². The fourth-order valence-corrected chi connectivity index (χ4v) is 1.48. The molecule has 19 heavy (non-hydrogen) atoms. The van der Waals surface area contributed by atoms with Gasteiger partial charge in [-0.05, 0) is 26.3 Å². The topological polar surface area (TPSA) is 95.1 Å². The zero-order chi connectivity index (χ0) is 14.1. The lowest BCUT2D eigenvalue weighted by Gasteiger charge is -2.06. The van der Waals surface area contributed by atoms with Crippen molar-refractivity contribution >= 4 is 5.96 Å². The maximum absolute atomic E-state index is 11.5. The Morgan fingerprint density at radius 3 is 3.05 bits per heavy atom. The fraction of sp³-hybridized carbons (Fsp3) is 0.500. The third-order valence-electron chi connectivity index (χ3n) is 2.32. The first-order valence-electron chi connectivity index (χ1n) is 6.15. The van der Waals surface area contributed by atoms with Gasteiger partial charge in [-0.1, -0.05) is 0 Å². The molecule has 0 bridgehead atoms. The monoisotopic (exact) mass is 262 g/mol. The summed E-state index contributed by atoms with van der Waals surface area (Å²) in [6, 6.07) is 3.20. The van der Waals surface area contributed by atoms with Crippen LogP contribution in [0.25, 0.3) is 0 Å². The highest BCUT2D eigenvalue weighted by molar-refractivity contribution is 5.81. The van der Waals surface area contributed by atoms with Gasteiger partial charge in [-0.25, -0.2) is 4.68 Å². The Kier molecular flexibility index (Phi) is 6.09. The molecular formula is C12H18N6O. The number of guanidine groups is 1. The molecule has 0 amide bonds. The molecule has 0 atom stereocenters. The minimum Gasteiger partial charge on any atom is -0.356 e. The summed E-state index contributed by atoms with van der Waals surface area (Å²) in [7, 11) is 0. The van der Waals surface area contributed by atoms with Gasteiger partial charge >= 0.3 is 0 Å². The van der Waals surface area contributed by atoms with E-state index in [1.165, 1.54) is 10.7 Å². The van der Waals surface area contributed by atoms with Gasteiger partial charge in [0.2, 0.25) is 5.96 Å². The highest BCUT2D eigenvalue weighted by atomic mass is 16.1. The Hall–Kier alpha value is -2.36. The zero-order valence-electron chi connectivity index (χ0n) is 11.2.